The number of carbonyl (C=O) groups excluding carboxylic acids is 2. The molecule has 0 radical (unpaired) electrons. The van der Waals surface area contributed by atoms with Crippen LogP contribution in [-0.2, 0) is 27.9 Å². The zero-order valence-electron chi connectivity index (χ0n) is 34.1. The summed E-state index contributed by atoms with van der Waals surface area (Å²) in [5.41, 5.74) is 0. The van der Waals surface area contributed by atoms with Crippen LogP contribution in [0, 0.1) is 0 Å². The van der Waals surface area contributed by atoms with Gasteiger partial charge in [-0.3, -0.25) is 18.6 Å². The summed E-state index contributed by atoms with van der Waals surface area (Å²) < 4.78 is 26.8. The molecular weight excluding hydrogens is 701 g/mol. The quantitative estimate of drug-likeness (QED) is 0.0243. The van der Waals surface area contributed by atoms with Gasteiger partial charge in [-0.05, 0) is 77.0 Å². The molecule has 2 unspecified atom stereocenters. The number of carbonyl (C=O) groups is 2. The Morgan fingerprint density at radius 1 is 0.593 bits per heavy atom. The van der Waals surface area contributed by atoms with Crippen molar-refractivity contribution in [2.24, 2.45) is 0 Å². The van der Waals surface area contributed by atoms with Crippen molar-refractivity contribution in [1.29, 1.82) is 0 Å². The summed E-state index contributed by atoms with van der Waals surface area (Å²) >= 11 is 0. The van der Waals surface area contributed by atoms with E-state index < -0.39 is 26.5 Å². The van der Waals surface area contributed by atoms with Gasteiger partial charge in [-0.15, -0.1) is 0 Å². The van der Waals surface area contributed by atoms with Crippen LogP contribution in [0.4, 0.5) is 0 Å². The summed E-state index contributed by atoms with van der Waals surface area (Å²) in [7, 11) is -4.43. The number of ether oxygens (including phenoxy) is 1. The number of esters is 1. The number of nitrogens with one attached hydrogen (secondary N) is 1. The Morgan fingerprint density at radius 3 is 1.63 bits per heavy atom. The number of allylic oxidation sites excluding steroid dienone is 10. The second-order valence-electron chi connectivity index (χ2n) is 13.9. The van der Waals surface area contributed by atoms with Crippen LogP contribution in [0.2, 0.25) is 0 Å². The Hall–Kier alpha value is -2.29. The highest BCUT2D eigenvalue weighted by Crippen LogP contribution is 2.42. The standard InChI is InChI=1S/C44H78NO8P/c1-3-5-7-9-11-13-15-17-19-20-21-23-25-27-29-31-33-35-37-44(48)51-40-42(46)41-53-54(49,50)52-39-38-45-43(47)36-34-32-30-28-26-24-22-18-16-14-12-10-8-6-4-2/h6,8,12,14,18-20,22,26,28,42,46H,3-5,7,9-11,13,15-17,21,23-25,27,29-41H2,1-2H3,(H,45,47)(H,49,50)/b8-6-,14-12-,20-19-,22-18-,28-26-. The predicted molar refractivity (Wildman–Crippen MR) is 224 cm³/mol. The van der Waals surface area contributed by atoms with Gasteiger partial charge >= 0.3 is 13.8 Å². The van der Waals surface area contributed by atoms with Gasteiger partial charge in [-0.25, -0.2) is 4.57 Å². The molecule has 0 saturated carbocycles. The molecule has 2 atom stereocenters. The molecule has 3 N–H and O–H groups in total. The van der Waals surface area contributed by atoms with E-state index in [2.05, 4.69) is 79.9 Å². The summed E-state index contributed by atoms with van der Waals surface area (Å²) in [6, 6.07) is 0. The maximum atomic E-state index is 12.1. The van der Waals surface area contributed by atoms with Crippen LogP contribution in [0.3, 0.4) is 0 Å². The molecule has 10 heteroatoms. The first-order valence-corrected chi connectivity index (χ1v) is 22.8. The molecule has 0 aromatic rings. The van der Waals surface area contributed by atoms with Crippen LogP contribution in [0.1, 0.15) is 174 Å². The van der Waals surface area contributed by atoms with E-state index in [4.69, 9.17) is 13.8 Å². The van der Waals surface area contributed by atoms with Gasteiger partial charge in [0.05, 0.1) is 13.2 Å². The van der Waals surface area contributed by atoms with E-state index in [9.17, 15) is 24.2 Å². The number of aliphatic hydroxyl groups is 1. The molecule has 0 saturated heterocycles. The highest BCUT2D eigenvalue weighted by molar-refractivity contribution is 7.47. The number of hydrogen-bond acceptors (Lipinski definition) is 7. The maximum Gasteiger partial charge on any atom is 0.472 e. The minimum atomic E-state index is -4.43. The number of unbranched alkanes of at least 4 members (excludes halogenated alkanes) is 16. The minimum absolute atomic E-state index is 0.0564. The molecule has 0 aliphatic carbocycles. The molecule has 0 fully saturated rings. The highest BCUT2D eigenvalue weighted by Gasteiger charge is 2.23. The third-order valence-corrected chi connectivity index (χ3v) is 9.67. The fourth-order valence-corrected chi connectivity index (χ4v) is 6.24. The number of amides is 1. The summed E-state index contributed by atoms with van der Waals surface area (Å²) in [6.07, 6.45) is 47.3. The molecule has 9 nitrogen and oxygen atoms in total. The number of phosphoric acid groups is 1. The topological polar surface area (TPSA) is 131 Å². The van der Waals surface area contributed by atoms with Crippen molar-refractivity contribution in [1.82, 2.24) is 5.32 Å². The van der Waals surface area contributed by atoms with Crippen LogP contribution in [0.25, 0.3) is 0 Å². The van der Waals surface area contributed by atoms with Gasteiger partial charge in [0, 0.05) is 19.4 Å². The summed E-state index contributed by atoms with van der Waals surface area (Å²) in [5.74, 6) is -0.566. The molecule has 0 aliphatic heterocycles. The van der Waals surface area contributed by atoms with E-state index in [0.29, 0.717) is 6.42 Å². The molecule has 1 amide bonds. The van der Waals surface area contributed by atoms with Crippen molar-refractivity contribution in [3.05, 3.63) is 60.8 Å². The highest BCUT2D eigenvalue weighted by atomic mass is 31.2. The second-order valence-corrected chi connectivity index (χ2v) is 15.4. The number of hydrogen-bond donors (Lipinski definition) is 3. The Balaban J connectivity index is 3.66. The lowest BCUT2D eigenvalue weighted by atomic mass is 10.1. The van der Waals surface area contributed by atoms with E-state index in [-0.39, 0.29) is 32.1 Å². The lowest BCUT2D eigenvalue weighted by Gasteiger charge is -2.15. The second kappa shape index (κ2) is 40.4. The maximum absolute atomic E-state index is 12.1. The van der Waals surface area contributed by atoms with Crippen LogP contribution >= 0.6 is 7.82 Å². The molecular formula is C44H78NO8P. The molecule has 0 heterocycles. The van der Waals surface area contributed by atoms with Crippen molar-refractivity contribution in [3.63, 3.8) is 0 Å². The van der Waals surface area contributed by atoms with Gasteiger partial charge in [0.2, 0.25) is 5.91 Å². The van der Waals surface area contributed by atoms with Gasteiger partial charge in [0.1, 0.15) is 12.7 Å². The van der Waals surface area contributed by atoms with Crippen molar-refractivity contribution < 1.29 is 37.9 Å². The number of phosphoric ester groups is 1. The SMILES string of the molecule is CC/C=C\C/C=C\C/C=C\C/C=C\CCCCC(=O)NCCOP(=O)(O)OCC(O)COC(=O)CCCCCCCCC/C=C\CCCCCCCCC. The number of rotatable bonds is 39. The van der Waals surface area contributed by atoms with E-state index in [0.717, 1.165) is 77.0 Å². The lowest BCUT2D eigenvalue weighted by molar-refractivity contribution is -0.147. The Morgan fingerprint density at radius 2 is 1.06 bits per heavy atom. The summed E-state index contributed by atoms with van der Waals surface area (Å²) in [5, 5.41) is 12.7. The monoisotopic (exact) mass is 780 g/mol. The van der Waals surface area contributed by atoms with Crippen LogP contribution in [0.5, 0.6) is 0 Å². The van der Waals surface area contributed by atoms with Gasteiger partial charge in [-0.1, -0.05) is 145 Å². The smallest absolute Gasteiger partial charge is 0.463 e. The molecule has 0 aliphatic rings. The molecule has 0 bridgehead atoms. The fraction of sp³-hybridized carbons (Fsp3) is 0.727. The summed E-state index contributed by atoms with van der Waals surface area (Å²) in [6.45, 7) is 3.37. The van der Waals surface area contributed by atoms with Gasteiger partial charge in [0.25, 0.3) is 0 Å². The largest absolute Gasteiger partial charge is 0.472 e. The zero-order chi connectivity index (χ0) is 39.6. The average Bonchev–Trinajstić information content (AvgIpc) is 3.16. The Labute approximate surface area is 329 Å². The first-order chi connectivity index (χ1) is 26.3. The molecule has 312 valence electrons. The third kappa shape index (κ3) is 40.9. The Bertz CT molecular complexity index is 1070. The molecule has 0 aromatic carbocycles. The van der Waals surface area contributed by atoms with Crippen LogP contribution in [-0.4, -0.2) is 54.3 Å². The normalized spacial score (nSPS) is 13.9. The van der Waals surface area contributed by atoms with Gasteiger partial charge in [-0.2, -0.15) is 0 Å². The average molecular weight is 780 g/mol. The lowest BCUT2D eigenvalue weighted by Crippen LogP contribution is -2.27. The fourth-order valence-electron chi connectivity index (χ4n) is 5.48. The van der Waals surface area contributed by atoms with Gasteiger partial charge in [0.15, 0.2) is 0 Å². The molecule has 0 aromatic heterocycles. The zero-order valence-corrected chi connectivity index (χ0v) is 35.0. The van der Waals surface area contributed by atoms with Crippen molar-refractivity contribution >= 4 is 19.7 Å². The van der Waals surface area contributed by atoms with E-state index in [1.807, 2.05) is 0 Å². The summed E-state index contributed by atoms with van der Waals surface area (Å²) in [4.78, 5) is 33.9. The van der Waals surface area contributed by atoms with Crippen LogP contribution < -0.4 is 5.32 Å². The molecule has 0 rings (SSSR count). The molecule has 54 heavy (non-hydrogen) atoms. The van der Waals surface area contributed by atoms with Crippen molar-refractivity contribution in [3.8, 4) is 0 Å². The molecule has 0 spiro atoms. The van der Waals surface area contributed by atoms with Crippen LogP contribution in [0.15, 0.2) is 60.8 Å². The van der Waals surface area contributed by atoms with Crippen molar-refractivity contribution in [2.45, 2.75) is 180 Å². The van der Waals surface area contributed by atoms with Gasteiger partial charge < -0.3 is 20.1 Å². The minimum Gasteiger partial charge on any atom is -0.463 e. The third-order valence-electron chi connectivity index (χ3n) is 8.68. The first-order valence-electron chi connectivity index (χ1n) is 21.3. The van der Waals surface area contributed by atoms with E-state index in [1.54, 1.807) is 0 Å². The first kappa shape index (κ1) is 51.7. The number of aliphatic hydroxyl groups excluding tert-OH is 1. The van der Waals surface area contributed by atoms with Crippen molar-refractivity contribution in [2.75, 3.05) is 26.4 Å². The Kier molecular flexibility index (Phi) is 38.7. The predicted octanol–water partition coefficient (Wildman–Crippen LogP) is 11.7. The van der Waals surface area contributed by atoms with E-state index in [1.165, 1.54) is 70.6 Å². The van der Waals surface area contributed by atoms with E-state index >= 15 is 0 Å².